The zero-order valence-corrected chi connectivity index (χ0v) is 10.8. The molecule has 1 aromatic carbocycles. The monoisotopic (exact) mass is 287 g/mol. The van der Waals surface area contributed by atoms with Crippen molar-refractivity contribution in [1.29, 1.82) is 0 Å². The quantitative estimate of drug-likeness (QED) is 0.893. The molecule has 110 valence electrons. The Morgan fingerprint density at radius 3 is 2.35 bits per heavy atom. The SMILES string of the molecule is NCc1ccc(N(C(=O)NCC(F)(F)F)C2CC2)cc1. The Hall–Kier alpha value is -1.76. The van der Waals surface area contributed by atoms with Crippen LogP contribution in [0.5, 0.6) is 0 Å². The lowest BCUT2D eigenvalue weighted by Gasteiger charge is -2.23. The number of amides is 2. The number of nitrogens with one attached hydrogen (secondary N) is 1. The zero-order chi connectivity index (χ0) is 14.8. The van der Waals surface area contributed by atoms with Crippen LogP contribution in [0.3, 0.4) is 0 Å². The topological polar surface area (TPSA) is 58.4 Å². The summed E-state index contributed by atoms with van der Waals surface area (Å²) in [4.78, 5) is 13.3. The molecule has 1 fully saturated rings. The van der Waals surface area contributed by atoms with Crippen LogP contribution in [0.1, 0.15) is 18.4 Å². The average molecular weight is 287 g/mol. The highest BCUT2D eigenvalue weighted by Gasteiger charge is 2.35. The van der Waals surface area contributed by atoms with E-state index >= 15 is 0 Å². The minimum Gasteiger partial charge on any atom is -0.329 e. The number of alkyl halides is 3. The number of anilines is 1. The van der Waals surface area contributed by atoms with Gasteiger partial charge in [-0.15, -0.1) is 0 Å². The van der Waals surface area contributed by atoms with Crippen LogP contribution < -0.4 is 16.0 Å². The van der Waals surface area contributed by atoms with Crippen molar-refractivity contribution < 1.29 is 18.0 Å². The van der Waals surface area contributed by atoms with Gasteiger partial charge in [0.15, 0.2) is 0 Å². The number of carbonyl (C=O) groups is 1. The predicted octanol–water partition coefficient (Wildman–Crippen LogP) is 2.39. The first-order chi connectivity index (χ1) is 9.40. The van der Waals surface area contributed by atoms with E-state index in [1.165, 1.54) is 4.90 Å². The fourth-order valence-corrected chi connectivity index (χ4v) is 1.88. The molecule has 0 aromatic heterocycles. The molecular weight excluding hydrogens is 271 g/mol. The molecule has 0 bridgehead atoms. The number of carbonyl (C=O) groups excluding carboxylic acids is 1. The molecule has 1 aliphatic rings. The molecule has 0 saturated heterocycles. The molecule has 2 amide bonds. The number of urea groups is 1. The number of nitrogens with two attached hydrogens (primary N) is 1. The molecule has 1 aliphatic carbocycles. The van der Waals surface area contributed by atoms with Gasteiger partial charge in [0.25, 0.3) is 0 Å². The van der Waals surface area contributed by atoms with Crippen LogP contribution >= 0.6 is 0 Å². The van der Waals surface area contributed by atoms with E-state index < -0.39 is 18.8 Å². The third-order valence-corrected chi connectivity index (χ3v) is 3.02. The van der Waals surface area contributed by atoms with Gasteiger partial charge in [-0.25, -0.2) is 4.79 Å². The lowest BCUT2D eigenvalue weighted by molar-refractivity contribution is -0.122. The Bertz CT molecular complexity index is 469. The van der Waals surface area contributed by atoms with Crippen LogP contribution in [0.15, 0.2) is 24.3 Å². The second-order valence-corrected chi connectivity index (χ2v) is 4.75. The van der Waals surface area contributed by atoms with Crippen LogP contribution in [0, 0.1) is 0 Å². The van der Waals surface area contributed by atoms with Gasteiger partial charge in [0.05, 0.1) is 0 Å². The normalized spacial score (nSPS) is 15.0. The summed E-state index contributed by atoms with van der Waals surface area (Å²) in [6.45, 7) is -0.945. The molecule has 0 spiro atoms. The van der Waals surface area contributed by atoms with Gasteiger partial charge >= 0.3 is 12.2 Å². The maximum absolute atomic E-state index is 12.2. The number of hydrogen-bond donors (Lipinski definition) is 2. The summed E-state index contributed by atoms with van der Waals surface area (Å²) >= 11 is 0. The van der Waals surface area contributed by atoms with Gasteiger partial charge < -0.3 is 11.1 Å². The van der Waals surface area contributed by atoms with Gasteiger partial charge in [-0.3, -0.25) is 4.90 Å². The minimum atomic E-state index is -4.41. The van der Waals surface area contributed by atoms with E-state index in [2.05, 4.69) is 0 Å². The molecule has 0 aliphatic heterocycles. The predicted molar refractivity (Wildman–Crippen MR) is 69.3 cm³/mol. The van der Waals surface area contributed by atoms with E-state index in [0.29, 0.717) is 12.2 Å². The molecule has 3 N–H and O–H groups in total. The van der Waals surface area contributed by atoms with Crippen molar-refractivity contribution in [2.75, 3.05) is 11.4 Å². The van der Waals surface area contributed by atoms with Gasteiger partial charge in [-0.05, 0) is 30.5 Å². The molecule has 1 saturated carbocycles. The Labute approximate surface area is 114 Å². The van der Waals surface area contributed by atoms with Crippen LogP contribution in [0.2, 0.25) is 0 Å². The molecule has 4 nitrogen and oxygen atoms in total. The number of benzene rings is 1. The molecule has 0 radical (unpaired) electrons. The van der Waals surface area contributed by atoms with Crippen molar-refractivity contribution in [3.63, 3.8) is 0 Å². The van der Waals surface area contributed by atoms with Gasteiger partial charge in [0.1, 0.15) is 6.54 Å². The third kappa shape index (κ3) is 3.86. The molecule has 7 heteroatoms. The smallest absolute Gasteiger partial charge is 0.329 e. The Balaban J connectivity index is 2.08. The lowest BCUT2D eigenvalue weighted by atomic mass is 10.2. The van der Waals surface area contributed by atoms with Crippen molar-refractivity contribution in [3.8, 4) is 0 Å². The first-order valence-corrected chi connectivity index (χ1v) is 6.33. The van der Waals surface area contributed by atoms with Crippen molar-refractivity contribution in [3.05, 3.63) is 29.8 Å². The van der Waals surface area contributed by atoms with E-state index in [0.717, 1.165) is 18.4 Å². The Morgan fingerprint density at radius 2 is 1.90 bits per heavy atom. The van der Waals surface area contributed by atoms with Crippen molar-refractivity contribution in [1.82, 2.24) is 5.32 Å². The van der Waals surface area contributed by atoms with Gasteiger partial charge in [0.2, 0.25) is 0 Å². The number of nitrogens with zero attached hydrogens (tertiary/aromatic N) is 1. The summed E-state index contributed by atoms with van der Waals surface area (Å²) in [6, 6.07) is 6.20. The molecule has 2 rings (SSSR count). The summed E-state index contributed by atoms with van der Waals surface area (Å²) in [6.07, 6.45) is -2.80. The van der Waals surface area contributed by atoms with Crippen LogP contribution in [-0.2, 0) is 6.54 Å². The fourth-order valence-electron chi connectivity index (χ4n) is 1.88. The summed E-state index contributed by atoms with van der Waals surface area (Å²) in [7, 11) is 0. The fraction of sp³-hybridized carbons (Fsp3) is 0.462. The van der Waals surface area contributed by atoms with Crippen molar-refractivity contribution >= 4 is 11.7 Å². The molecular formula is C13H16F3N3O. The Kier molecular flexibility index (Phi) is 4.17. The maximum atomic E-state index is 12.2. The van der Waals surface area contributed by atoms with Crippen molar-refractivity contribution in [2.24, 2.45) is 5.73 Å². The lowest BCUT2D eigenvalue weighted by Crippen LogP contribution is -2.45. The molecule has 1 aromatic rings. The van der Waals surface area contributed by atoms with Crippen LogP contribution in [0.4, 0.5) is 23.7 Å². The van der Waals surface area contributed by atoms with Crippen LogP contribution in [-0.4, -0.2) is 24.8 Å². The standard InChI is InChI=1S/C13H16F3N3O/c14-13(15,16)8-18-12(20)19(11-5-6-11)10-3-1-9(7-17)2-4-10/h1-4,11H,5-8,17H2,(H,18,20). The highest BCUT2D eigenvalue weighted by atomic mass is 19.4. The van der Waals surface area contributed by atoms with Gasteiger partial charge in [-0.2, -0.15) is 13.2 Å². The summed E-state index contributed by atoms with van der Waals surface area (Å²) in [5, 5.41) is 1.91. The zero-order valence-electron chi connectivity index (χ0n) is 10.8. The highest BCUT2D eigenvalue weighted by Crippen LogP contribution is 2.32. The molecule has 0 atom stereocenters. The second kappa shape index (κ2) is 5.70. The third-order valence-electron chi connectivity index (χ3n) is 3.02. The number of halogens is 3. The van der Waals surface area contributed by atoms with Crippen LogP contribution in [0.25, 0.3) is 0 Å². The van der Waals surface area contributed by atoms with E-state index in [1.807, 2.05) is 5.32 Å². The number of hydrogen-bond acceptors (Lipinski definition) is 2. The average Bonchev–Trinajstić information content (AvgIpc) is 3.21. The summed E-state index contributed by atoms with van der Waals surface area (Å²) in [5.74, 6) is 0. The van der Waals surface area contributed by atoms with E-state index in [4.69, 9.17) is 5.73 Å². The minimum absolute atomic E-state index is 0.0213. The molecule has 0 unspecified atom stereocenters. The van der Waals surface area contributed by atoms with E-state index in [9.17, 15) is 18.0 Å². The van der Waals surface area contributed by atoms with E-state index in [-0.39, 0.29) is 6.04 Å². The summed E-state index contributed by atoms with van der Waals surface area (Å²) < 4.78 is 36.5. The van der Waals surface area contributed by atoms with Crippen molar-refractivity contribution in [2.45, 2.75) is 31.6 Å². The van der Waals surface area contributed by atoms with E-state index in [1.54, 1.807) is 24.3 Å². The van der Waals surface area contributed by atoms with Gasteiger partial charge in [0, 0.05) is 18.3 Å². The molecule has 20 heavy (non-hydrogen) atoms. The Morgan fingerprint density at radius 1 is 1.30 bits per heavy atom. The van der Waals surface area contributed by atoms with Gasteiger partial charge in [-0.1, -0.05) is 12.1 Å². The molecule has 0 heterocycles. The highest BCUT2D eigenvalue weighted by molar-refractivity contribution is 5.93. The first-order valence-electron chi connectivity index (χ1n) is 6.33. The second-order valence-electron chi connectivity index (χ2n) is 4.75. The summed E-state index contributed by atoms with van der Waals surface area (Å²) in [5.41, 5.74) is 6.98. The maximum Gasteiger partial charge on any atom is 0.405 e. The first kappa shape index (κ1) is 14.6. The number of rotatable bonds is 4. The largest absolute Gasteiger partial charge is 0.405 e.